The van der Waals surface area contributed by atoms with E-state index in [1.807, 2.05) is 0 Å². The van der Waals surface area contributed by atoms with Crippen LogP contribution in [0, 0.1) is 0 Å². The molecule has 0 radical (unpaired) electrons. The average Bonchev–Trinajstić information content (AvgIpc) is 2.43. The molecule has 0 unspecified atom stereocenters. The lowest BCUT2D eigenvalue weighted by Gasteiger charge is -2.21. The third kappa shape index (κ3) is 4.37. The van der Waals surface area contributed by atoms with Gasteiger partial charge in [-0.05, 0) is 17.7 Å². The van der Waals surface area contributed by atoms with Crippen LogP contribution in [0.4, 0.5) is 39.5 Å². The zero-order chi connectivity index (χ0) is 19.0. The molecule has 10 heteroatoms. The van der Waals surface area contributed by atoms with E-state index in [0.717, 1.165) is 18.2 Å². The van der Waals surface area contributed by atoms with Gasteiger partial charge in [-0.15, -0.1) is 13.2 Å². The molecule has 136 valence electrons. The molecule has 0 saturated carbocycles. The number of hydrogen-bond donors (Lipinski definition) is 0. The van der Waals surface area contributed by atoms with Gasteiger partial charge in [0.1, 0.15) is 5.75 Å². The predicted molar refractivity (Wildman–Crippen MR) is 68.6 cm³/mol. The smallest absolute Gasteiger partial charge is 0.405 e. The van der Waals surface area contributed by atoms with Gasteiger partial charge >= 0.3 is 18.7 Å². The predicted octanol–water partition coefficient (Wildman–Crippen LogP) is 6.29. The highest BCUT2D eigenvalue weighted by Crippen LogP contribution is 2.47. The number of hydrogen-bond acceptors (Lipinski definition) is 1. The lowest BCUT2D eigenvalue weighted by atomic mass is 9.94. The summed E-state index contributed by atoms with van der Waals surface area (Å²) in [5.41, 5.74) is -5.92. The number of halogens is 9. The van der Waals surface area contributed by atoms with Crippen LogP contribution in [-0.2, 0) is 12.4 Å². The highest BCUT2D eigenvalue weighted by Gasteiger charge is 2.45. The first-order valence-corrected chi connectivity index (χ1v) is 6.43. The zero-order valence-corrected chi connectivity index (χ0v) is 11.9. The largest absolute Gasteiger partial charge is 0.573 e. The minimum atomic E-state index is -5.45. The second-order valence-electron chi connectivity index (χ2n) is 4.77. The molecule has 0 aliphatic heterocycles. The van der Waals surface area contributed by atoms with Gasteiger partial charge in [-0.25, -0.2) is 0 Å². The van der Waals surface area contributed by atoms with Crippen LogP contribution in [0.5, 0.6) is 5.75 Å². The maximum Gasteiger partial charge on any atom is 0.573 e. The van der Waals surface area contributed by atoms with Gasteiger partial charge in [0.25, 0.3) is 0 Å². The fourth-order valence-corrected chi connectivity index (χ4v) is 2.22. The molecule has 0 aromatic heterocycles. The summed E-state index contributed by atoms with van der Waals surface area (Å²) in [5.74, 6) is -1.04. The zero-order valence-electron chi connectivity index (χ0n) is 11.9. The first kappa shape index (κ1) is 18.9. The van der Waals surface area contributed by atoms with Crippen molar-refractivity contribution in [3.05, 3.63) is 53.6 Å². The summed E-state index contributed by atoms with van der Waals surface area (Å²) in [6.07, 6.45) is -16.0. The third-order valence-corrected chi connectivity index (χ3v) is 3.06. The van der Waals surface area contributed by atoms with E-state index in [0.29, 0.717) is 18.2 Å². The molecule has 1 nitrogen and oxygen atoms in total. The molecule has 25 heavy (non-hydrogen) atoms. The van der Waals surface area contributed by atoms with E-state index in [4.69, 9.17) is 0 Å². The maximum absolute atomic E-state index is 13.2. The molecular weight excluding hydrogens is 367 g/mol. The minimum absolute atomic E-state index is 0.208. The van der Waals surface area contributed by atoms with E-state index in [2.05, 4.69) is 4.74 Å². The van der Waals surface area contributed by atoms with E-state index in [9.17, 15) is 39.5 Å². The summed E-state index contributed by atoms with van der Waals surface area (Å²) in [4.78, 5) is 0. The second kappa shape index (κ2) is 6.16. The van der Waals surface area contributed by atoms with Gasteiger partial charge in [0.05, 0.1) is 11.1 Å². The van der Waals surface area contributed by atoms with Gasteiger partial charge in [0.15, 0.2) is 0 Å². The summed E-state index contributed by atoms with van der Waals surface area (Å²) in [6.45, 7) is 0. The van der Waals surface area contributed by atoms with Gasteiger partial charge < -0.3 is 4.74 Å². The summed E-state index contributed by atoms with van der Waals surface area (Å²) in [5, 5.41) is 0. The molecule has 2 aromatic rings. The Balaban J connectivity index is 2.78. The van der Waals surface area contributed by atoms with Crippen molar-refractivity contribution in [1.82, 2.24) is 0 Å². The molecule has 0 heterocycles. The van der Waals surface area contributed by atoms with Crippen LogP contribution in [0.25, 0.3) is 11.1 Å². The average molecular weight is 374 g/mol. The van der Waals surface area contributed by atoms with E-state index in [1.54, 1.807) is 0 Å². The van der Waals surface area contributed by atoms with Crippen LogP contribution in [-0.4, -0.2) is 6.36 Å². The third-order valence-electron chi connectivity index (χ3n) is 3.06. The molecule has 0 amide bonds. The SMILES string of the molecule is FC(F)(F)Oc1ccccc1-c1cccc(C(F)(F)F)c1C(F)(F)F. The van der Waals surface area contributed by atoms with Crippen molar-refractivity contribution in [2.24, 2.45) is 0 Å². The van der Waals surface area contributed by atoms with Crippen LogP contribution >= 0.6 is 0 Å². The summed E-state index contributed by atoms with van der Waals surface area (Å²) < 4.78 is 119. The first-order valence-electron chi connectivity index (χ1n) is 6.43. The molecule has 2 rings (SSSR count). The Labute approximate surface area is 134 Å². The van der Waals surface area contributed by atoms with Crippen molar-refractivity contribution in [3.63, 3.8) is 0 Å². The summed E-state index contributed by atoms with van der Waals surface area (Å²) in [7, 11) is 0. The van der Waals surface area contributed by atoms with Crippen LogP contribution < -0.4 is 4.74 Å². The van der Waals surface area contributed by atoms with Crippen LogP contribution in [0.1, 0.15) is 11.1 Å². The quantitative estimate of drug-likeness (QED) is 0.562. The van der Waals surface area contributed by atoms with Crippen molar-refractivity contribution in [3.8, 4) is 16.9 Å². The van der Waals surface area contributed by atoms with Gasteiger partial charge in [0, 0.05) is 5.56 Å². The standard InChI is InChI=1S/C15H7F9O/c16-13(17,18)10-6-3-5-9(12(10)14(19,20)21)8-4-1-2-7-11(8)25-15(22,23)24/h1-7H. The molecule has 0 N–H and O–H groups in total. The number of benzene rings is 2. The maximum atomic E-state index is 13.2. The minimum Gasteiger partial charge on any atom is -0.405 e. The lowest BCUT2D eigenvalue weighted by Crippen LogP contribution is -2.19. The highest BCUT2D eigenvalue weighted by molar-refractivity contribution is 5.75. The molecular formula is C15H7F9O. The van der Waals surface area contributed by atoms with Gasteiger partial charge in [0.2, 0.25) is 0 Å². The summed E-state index contributed by atoms with van der Waals surface area (Å²) in [6, 6.07) is 5.19. The molecule has 0 bridgehead atoms. The topological polar surface area (TPSA) is 9.23 Å². The Kier molecular flexibility index (Phi) is 4.67. The van der Waals surface area contributed by atoms with Crippen molar-refractivity contribution in [2.45, 2.75) is 18.7 Å². The van der Waals surface area contributed by atoms with Crippen LogP contribution in [0.3, 0.4) is 0 Å². The lowest BCUT2D eigenvalue weighted by molar-refractivity contribution is -0.274. The Bertz CT molecular complexity index is 757. The molecule has 0 fully saturated rings. The van der Waals surface area contributed by atoms with Crippen molar-refractivity contribution >= 4 is 0 Å². The Morgan fingerprint density at radius 3 is 1.68 bits per heavy atom. The number of ether oxygens (including phenoxy) is 1. The van der Waals surface area contributed by atoms with Gasteiger partial charge in [-0.1, -0.05) is 30.3 Å². The Morgan fingerprint density at radius 2 is 1.16 bits per heavy atom. The fraction of sp³-hybridized carbons (Fsp3) is 0.200. The second-order valence-corrected chi connectivity index (χ2v) is 4.77. The van der Waals surface area contributed by atoms with Crippen molar-refractivity contribution in [2.75, 3.05) is 0 Å². The van der Waals surface area contributed by atoms with E-state index in [1.165, 1.54) is 0 Å². The van der Waals surface area contributed by atoms with Gasteiger partial charge in [-0.3, -0.25) is 0 Å². The Hall–Kier alpha value is -2.39. The molecule has 0 aliphatic carbocycles. The molecule has 0 atom stereocenters. The molecule has 0 saturated heterocycles. The van der Waals surface area contributed by atoms with E-state index < -0.39 is 46.7 Å². The van der Waals surface area contributed by atoms with E-state index >= 15 is 0 Å². The van der Waals surface area contributed by atoms with Crippen molar-refractivity contribution in [1.29, 1.82) is 0 Å². The molecule has 0 spiro atoms. The monoisotopic (exact) mass is 374 g/mol. The first-order chi connectivity index (χ1) is 11.3. The number of alkyl halides is 9. The fourth-order valence-electron chi connectivity index (χ4n) is 2.22. The number of rotatable bonds is 2. The Morgan fingerprint density at radius 1 is 0.600 bits per heavy atom. The number of para-hydroxylation sites is 1. The van der Waals surface area contributed by atoms with Crippen molar-refractivity contribution < 1.29 is 44.3 Å². The van der Waals surface area contributed by atoms with Crippen LogP contribution in [0.15, 0.2) is 42.5 Å². The van der Waals surface area contributed by atoms with Gasteiger partial charge in [-0.2, -0.15) is 26.3 Å². The molecule has 2 aromatic carbocycles. The highest BCUT2D eigenvalue weighted by atomic mass is 19.4. The van der Waals surface area contributed by atoms with Crippen LogP contribution in [0.2, 0.25) is 0 Å². The normalized spacial score (nSPS) is 13.0. The van der Waals surface area contributed by atoms with E-state index in [-0.39, 0.29) is 6.07 Å². The summed E-state index contributed by atoms with van der Waals surface area (Å²) >= 11 is 0. The molecule has 0 aliphatic rings.